The molecule has 0 bridgehead atoms. The van der Waals surface area contributed by atoms with Crippen LogP contribution in [0.4, 0.5) is 5.69 Å². The molecule has 2 rings (SSSR count). The maximum absolute atomic E-state index is 12.1. The van der Waals surface area contributed by atoms with Crippen LogP contribution in [0.3, 0.4) is 0 Å². The minimum absolute atomic E-state index is 0.0388. The fourth-order valence-corrected chi connectivity index (χ4v) is 3.10. The van der Waals surface area contributed by atoms with Gasteiger partial charge in [-0.05, 0) is 56.2 Å². The van der Waals surface area contributed by atoms with Crippen molar-refractivity contribution in [2.24, 2.45) is 0 Å². The second-order valence-electron chi connectivity index (χ2n) is 5.71. The van der Waals surface area contributed by atoms with Gasteiger partial charge in [0, 0.05) is 18.3 Å². The summed E-state index contributed by atoms with van der Waals surface area (Å²) in [5.41, 5.74) is 3.81. The molecule has 1 N–H and O–H groups in total. The number of esters is 1. The van der Waals surface area contributed by atoms with Gasteiger partial charge in [-0.15, -0.1) is 0 Å². The first kappa shape index (κ1) is 19.5. The molecule has 0 saturated carbocycles. The summed E-state index contributed by atoms with van der Waals surface area (Å²) in [5, 5.41) is 12.5. The fourth-order valence-electron chi connectivity index (χ4n) is 2.25. The van der Waals surface area contributed by atoms with E-state index in [1.807, 2.05) is 20.8 Å². The molecule has 0 aliphatic heterocycles. The quantitative estimate of drug-likeness (QED) is 0.492. The first-order valence-electron chi connectivity index (χ1n) is 7.91. The summed E-state index contributed by atoms with van der Waals surface area (Å²) in [5.74, 6) is -0.189. The van der Waals surface area contributed by atoms with E-state index in [1.54, 1.807) is 24.3 Å². The zero-order valence-electron chi connectivity index (χ0n) is 15.0. The number of hydrogen-bond acceptors (Lipinski definition) is 6. The Morgan fingerprint density at radius 1 is 1.19 bits per heavy atom. The number of nitriles is 1. The predicted octanol–water partition coefficient (Wildman–Crippen LogP) is 3.53. The smallest absolute Gasteiger partial charge is 0.321 e. The number of ether oxygens (including phenoxy) is 1. The topological polar surface area (TPSA) is 92.1 Å². The second kappa shape index (κ2) is 8.50. The number of benzene rings is 1. The standard InChI is InChI=1S/C19H19N3O3S/c1-11-12(2)17(9-20)19(21-13(11)3)26-10-18(24)25-16-7-5-15(6-8-16)22-14(4)23/h5-8H,10H2,1-4H3,(H,22,23). The van der Waals surface area contributed by atoms with E-state index in [2.05, 4.69) is 16.4 Å². The van der Waals surface area contributed by atoms with Crippen molar-refractivity contribution in [2.75, 3.05) is 11.1 Å². The van der Waals surface area contributed by atoms with Gasteiger partial charge in [-0.1, -0.05) is 11.8 Å². The van der Waals surface area contributed by atoms with Crippen LogP contribution in [0.1, 0.15) is 29.3 Å². The summed E-state index contributed by atoms with van der Waals surface area (Å²) in [6.45, 7) is 7.10. The van der Waals surface area contributed by atoms with E-state index in [0.717, 1.165) is 16.8 Å². The average molecular weight is 369 g/mol. The molecule has 26 heavy (non-hydrogen) atoms. The highest BCUT2D eigenvalue weighted by Gasteiger charge is 2.15. The third-order valence-electron chi connectivity index (χ3n) is 3.81. The molecule has 0 aliphatic carbocycles. The van der Waals surface area contributed by atoms with Crippen LogP contribution in [0.15, 0.2) is 29.3 Å². The number of rotatable bonds is 5. The van der Waals surface area contributed by atoms with Crippen molar-refractivity contribution in [3.05, 3.63) is 46.6 Å². The van der Waals surface area contributed by atoms with Crippen molar-refractivity contribution in [1.82, 2.24) is 4.98 Å². The van der Waals surface area contributed by atoms with Gasteiger partial charge in [0.25, 0.3) is 0 Å². The Morgan fingerprint density at radius 2 is 1.85 bits per heavy atom. The predicted molar refractivity (Wildman–Crippen MR) is 100 cm³/mol. The van der Waals surface area contributed by atoms with Crippen LogP contribution in [0.5, 0.6) is 5.75 Å². The zero-order valence-corrected chi connectivity index (χ0v) is 15.9. The Kier molecular flexibility index (Phi) is 6.36. The minimum atomic E-state index is -0.441. The van der Waals surface area contributed by atoms with Gasteiger partial charge >= 0.3 is 5.97 Å². The molecular weight excluding hydrogens is 350 g/mol. The van der Waals surface area contributed by atoms with Gasteiger partial charge in [-0.3, -0.25) is 9.59 Å². The van der Waals surface area contributed by atoms with Crippen LogP contribution in [0.2, 0.25) is 0 Å². The molecule has 0 fully saturated rings. The Hall–Kier alpha value is -2.85. The summed E-state index contributed by atoms with van der Waals surface area (Å²) in [6.07, 6.45) is 0. The first-order valence-corrected chi connectivity index (χ1v) is 8.89. The molecule has 1 aromatic carbocycles. The van der Waals surface area contributed by atoms with Crippen LogP contribution >= 0.6 is 11.8 Å². The molecule has 1 heterocycles. The van der Waals surface area contributed by atoms with Crippen LogP contribution in [0, 0.1) is 32.1 Å². The Bertz CT molecular complexity index is 886. The lowest BCUT2D eigenvalue weighted by atomic mass is 10.1. The fraction of sp³-hybridized carbons (Fsp3) is 0.263. The van der Waals surface area contributed by atoms with E-state index in [1.165, 1.54) is 18.7 Å². The molecular formula is C19H19N3O3S. The number of carbonyl (C=O) groups is 2. The molecule has 0 unspecified atom stereocenters. The van der Waals surface area contributed by atoms with E-state index < -0.39 is 5.97 Å². The Labute approximate surface area is 156 Å². The van der Waals surface area contributed by atoms with Gasteiger partial charge in [0.1, 0.15) is 16.8 Å². The first-order chi connectivity index (χ1) is 12.3. The van der Waals surface area contributed by atoms with E-state index in [-0.39, 0.29) is 11.7 Å². The lowest BCUT2D eigenvalue weighted by molar-refractivity contribution is -0.131. The number of thioether (sulfide) groups is 1. The number of aromatic nitrogens is 1. The number of hydrogen-bond donors (Lipinski definition) is 1. The Morgan fingerprint density at radius 3 is 2.42 bits per heavy atom. The summed E-state index contributed by atoms with van der Waals surface area (Å²) in [7, 11) is 0. The number of anilines is 1. The van der Waals surface area contributed by atoms with E-state index in [9.17, 15) is 14.9 Å². The van der Waals surface area contributed by atoms with Crippen LogP contribution in [0.25, 0.3) is 0 Å². The third kappa shape index (κ3) is 4.83. The maximum Gasteiger partial charge on any atom is 0.321 e. The number of aryl methyl sites for hydroxylation is 1. The lowest BCUT2D eigenvalue weighted by Crippen LogP contribution is -2.12. The van der Waals surface area contributed by atoms with Crippen LogP contribution in [-0.2, 0) is 9.59 Å². The number of nitrogens with zero attached hydrogens (tertiary/aromatic N) is 2. The van der Waals surface area contributed by atoms with Gasteiger partial charge in [0.05, 0.1) is 11.3 Å². The number of carbonyl (C=O) groups excluding carboxylic acids is 2. The number of pyridine rings is 1. The average Bonchev–Trinajstić information content (AvgIpc) is 2.59. The summed E-state index contributed by atoms with van der Waals surface area (Å²) >= 11 is 1.18. The van der Waals surface area contributed by atoms with E-state index >= 15 is 0 Å². The van der Waals surface area contributed by atoms with Gasteiger partial charge in [-0.25, -0.2) is 4.98 Å². The number of amides is 1. The van der Waals surface area contributed by atoms with Crippen molar-refractivity contribution >= 4 is 29.3 Å². The molecule has 0 saturated heterocycles. The molecule has 2 aromatic rings. The molecule has 0 atom stereocenters. The molecule has 134 valence electrons. The molecule has 0 aliphatic rings. The van der Waals surface area contributed by atoms with E-state index in [0.29, 0.717) is 22.0 Å². The highest BCUT2D eigenvalue weighted by atomic mass is 32.2. The lowest BCUT2D eigenvalue weighted by Gasteiger charge is -2.11. The number of nitrogens with one attached hydrogen (secondary N) is 1. The SMILES string of the molecule is CC(=O)Nc1ccc(OC(=O)CSc2nc(C)c(C)c(C)c2C#N)cc1. The van der Waals surface area contributed by atoms with Gasteiger partial charge in [0.2, 0.25) is 5.91 Å². The van der Waals surface area contributed by atoms with Crippen molar-refractivity contribution in [2.45, 2.75) is 32.7 Å². The van der Waals surface area contributed by atoms with Crippen LogP contribution in [-0.4, -0.2) is 22.6 Å². The second-order valence-corrected chi connectivity index (χ2v) is 6.67. The molecule has 1 amide bonds. The van der Waals surface area contributed by atoms with Crippen molar-refractivity contribution in [1.29, 1.82) is 5.26 Å². The van der Waals surface area contributed by atoms with Crippen molar-refractivity contribution in [3.63, 3.8) is 0 Å². The van der Waals surface area contributed by atoms with Crippen molar-refractivity contribution in [3.8, 4) is 11.8 Å². The summed E-state index contributed by atoms with van der Waals surface area (Å²) in [6, 6.07) is 8.67. The van der Waals surface area contributed by atoms with Crippen LogP contribution < -0.4 is 10.1 Å². The zero-order chi connectivity index (χ0) is 19.3. The molecule has 0 spiro atoms. The summed E-state index contributed by atoms with van der Waals surface area (Å²) in [4.78, 5) is 27.5. The molecule has 0 radical (unpaired) electrons. The molecule has 1 aromatic heterocycles. The van der Waals surface area contributed by atoms with Crippen molar-refractivity contribution < 1.29 is 14.3 Å². The largest absolute Gasteiger partial charge is 0.426 e. The maximum atomic E-state index is 12.1. The van der Waals surface area contributed by atoms with E-state index in [4.69, 9.17) is 4.74 Å². The molecule has 7 heteroatoms. The van der Waals surface area contributed by atoms with Gasteiger partial charge < -0.3 is 10.1 Å². The Balaban J connectivity index is 2.01. The highest BCUT2D eigenvalue weighted by Crippen LogP contribution is 2.26. The highest BCUT2D eigenvalue weighted by molar-refractivity contribution is 7.99. The molecule has 6 nitrogen and oxygen atoms in total. The van der Waals surface area contributed by atoms with Gasteiger partial charge in [0.15, 0.2) is 0 Å². The third-order valence-corrected chi connectivity index (χ3v) is 4.76. The minimum Gasteiger partial charge on any atom is -0.426 e. The summed E-state index contributed by atoms with van der Waals surface area (Å²) < 4.78 is 5.27. The van der Waals surface area contributed by atoms with Gasteiger partial charge in [-0.2, -0.15) is 5.26 Å². The monoisotopic (exact) mass is 369 g/mol. The normalized spacial score (nSPS) is 10.1.